The molecule has 0 radical (unpaired) electrons. The topological polar surface area (TPSA) is 55.4 Å². The third-order valence-electron chi connectivity index (χ3n) is 3.28. The van der Waals surface area contributed by atoms with Crippen LogP contribution >= 0.6 is 15.9 Å². The molecule has 0 unspecified atom stereocenters. The lowest BCUT2D eigenvalue weighted by Crippen LogP contribution is -2.14. The van der Waals surface area contributed by atoms with E-state index in [-0.39, 0.29) is 5.75 Å². The largest absolute Gasteiger partial charge is 0.384 e. The average molecular weight is 348 g/mol. The molecule has 0 amide bonds. The summed E-state index contributed by atoms with van der Waals surface area (Å²) in [6.07, 6.45) is 1.08. The molecule has 106 valence electrons. The van der Waals surface area contributed by atoms with Gasteiger partial charge < -0.3 is 10.1 Å². The first kappa shape index (κ1) is 14.8. The molecule has 4 nitrogen and oxygen atoms in total. The Hall–Kier alpha value is -0.590. The van der Waals surface area contributed by atoms with Crippen molar-refractivity contribution in [2.45, 2.75) is 18.2 Å². The van der Waals surface area contributed by atoms with Gasteiger partial charge in [-0.25, -0.2) is 8.42 Å². The maximum Gasteiger partial charge on any atom is 0.178 e. The van der Waals surface area contributed by atoms with Crippen LogP contribution in [-0.4, -0.2) is 33.9 Å². The molecule has 1 aliphatic heterocycles. The van der Waals surface area contributed by atoms with Gasteiger partial charge in [0.25, 0.3) is 0 Å². The summed E-state index contributed by atoms with van der Waals surface area (Å²) in [5.41, 5.74) is 0.918. The van der Waals surface area contributed by atoms with Crippen LogP contribution < -0.4 is 5.32 Å². The zero-order valence-electron chi connectivity index (χ0n) is 10.9. The van der Waals surface area contributed by atoms with Gasteiger partial charge in [-0.1, -0.05) is 6.92 Å². The molecule has 6 heteroatoms. The molecule has 0 spiro atoms. The number of hydrogen-bond acceptors (Lipinski definition) is 4. The van der Waals surface area contributed by atoms with E-state index in [1.54, 1.807) is 19.1 Å². The molecule has 0 aliphatic carbocycles. The molecular weight excluding hydrogens is 330 g/mol. The molecule has 1 aromatic rings. The molecule has 1 fully saturated rings. The second-order valence-electron chi connectivity index (χ2n) is 4.66. The molecule has 0 saturated carbocycles. The maximum absolute atomic E-state index is 11.8. The predicted molar refractivity (Wildman–Crippen MR) is 79.3 cm³/mol. The normalized spacial score (nSPS) is 19.6. The minimum absolute atomic E-state index is 0.117. The Labute approximate surface area is 122 Å². The Bertz CT molecular complexity index is 539. The van der Waals surface area contributed by atoms with E-state index in [0.29, 0.717) is 10.8 Å². The van der Waals surface area contributed by atoms with E-state index in [1.165, 1.54) is 0 Å². The van der Waals surface area contributed by atoms with Gasteiger partial charge in [0.05, 0.1) is 17.3 Å². The summed E-state index contributed by atoms with van der Waals surface area (Å²) in [6, 6.07) is 5.12. The summed E-state index contributed by atoms with van der Waals surface area (Å²) in [7, 11) is -3.15. The van der Waals surface area contributed by atoms with E-state index >= 15 is 0 Å². The number of nitrogens with one attached hydrogen (secondary N) is 1. The molecule has 1 saturated heterocycles. The van der Waals surface area contributed by atoms with Crippen LogP contribution in [0.25, 0.3) is 0 Å². The van der Waals surface area contributed by atoms with Crippen LogP contribution in [0.3, 0.4) is 0 Å². The highest BCUT2D eigenvalue weighted by molar-refractivity contribution is 9.10. The van der Waals surface area contributed by atoms with E-state index in [4.69, 9.17) is 4.74 Å². The van der Waals surface area contributed by atoms with Crippen LogP contribution in [0, 0.1) is 5.92 Å². The minimum atomic E-state index is -3.15. The van der Waals surface area contributed by atoms with Crippen LogP contribution in [0.2, 0.25) is 0 Å². The third-order valence-corrected chi connectivity index (χ3v) is 5.67. The number of benzene rings is 1. The van der Waals surface area contributed by atoms with Crippen molar-refractivity contribution in [1.82, 2.24) is 0 Å². The summed E-state index contributed by atoms with van der Waals surface area (Å²) in [4.78, 5) is 0.358. The number of hydrogen-bond donors (Lipinski definition) is 1. The van der Waals surface area contributed by atoms with Crippen LogP contribution in [-0.2, 0) is 14.6 Å². The quantitative estimate of drug-likeness (QED) is 0.889. The van der Waals surface area contributed by atoms with Crippen molar-refractivity contribution in [3.8, 4) is 0 Å². The fourth-order valence-electron chi connectivity index (χ4n) is 2.00. The van der Waals surface area contributed by atoms with E-state index < -0.39 is 9.84 Å². The van der Waals surface area contributed by atoms with Crippen molar-refractivity contribution in [2.75, 3.05) is 30.8 Å². The molecule has 19 heavy (non-hydrogen) atoms. The maximum atomic E-state index is 11.8. The molecule has 1 heterocycles. The average Bonchev–Trinajstić information content (AvgIpc) is 2.90. The van der Waals surface area contributed by atoms with Gasteiger partial charge >= 0.3 is 0 Å². The van der Waals surface area contributed by atoms with Gasteiger partial charge in [-0.15, -0.1) is 0 Å². The van der Waals surface area contributed by atoms with Crippen molar-refractivity contribution < 1.29 is 13.2 Å². The number of rotatable bonds is 5. The van der Waals surface area contributed by atoms with Gasteiger partial charge in [-0.3, -0.25) is 0 Å². The fraction of sp³-hybridized carbons (Fsp3) is 0.538. The van der Waals surface area contributed by atoms with Crippen LogP contribution in [0.1, 0.15) is 13.3 Å². The van der Waals surface area contributed by atoms with Crippen LogP contribution in [0.15, 0.2) is 27.6 Å². The fourth-order valence-corrected chi connectivity index (χ4v) is 3.57. The van der Waals surface area contributed by atoms with E-state index in [9.17, 15) is 8.42 Å². The smallest absolute Gasteiger partial charge is 0.178 e. The van der Waals surface area contributed by atoms with Gasteiger partial charge in [0.2, 0.25) is 0 Å². The van der Waals surface area contributed by atoms with Crippen LogP contribution in [0.4, 0.5) is 5.69 Å². The second kappa shape index (κ2) is 6.24. The molecule has 0 aromatic heterocycles. The molecular formula is C13H18BrNO3S. The number of halogens is 1. The molecule has 1 atom stereocenters. The first-order valence-corrected chi connectivity index (χ1v) is 8.81. The summed E-state index contributed by atoms with van der Waals surface area (Å²) >= 11 is 3.42. The molecule has 0 bridgehead atoms. The molecule has 1 N–H and O–H groups in total. The summed E-state index contributed by atoms with van der Waals surface area (Å²) in [5.74, 6) is 0.650. The summed E-state index contributed by atoms with van der Waals surface area (Å²) < 4.78 is 29.6. The van der Waals surface area contributed by atoms with Gasteiger partial charge in [0, 0.05) is 29.2 Å². The van der Waals surface area contributed by atoms with E-state index in [2.05, 4.69) is 21.2 Å². The Morgan fingerprint density at radius 1 is 1.47 bits per heavy atom. The highest BCUT2D eigenvalue weighted by atomic mass is 79.9. The van der Waals surface area contributed by atoms with Gasteiger partial charge in [0.15, 0.2) is 9.84 Å². The van der Waals surface area contributed by atoms with Gasteiger partial charge in [-0.05, 0) is 40.5 Å². The number of ether oxygens (including phenoxy) is 1. The minimum Gasteiger partial charge on any atom is -0.384 e. The van der Waals surface area contributed by atoms with Crippen LogP contribution in [0.5, 0.6) is 0 Å². The predicted octanol–water partition coefficient (Wildman–Crippen LogP) is 2.69. The Morgan fingerprint density at radius 3 is 2.84 bits per heavy atom. The van der Waals surface area contributed by atoms with Gasteiger partial charge in [0.1, 0.15) is 0 Å². The van der Waals surface area contributed by atoms with Crippen molar-refractivity contribution >= 4 is 31.5 Å². The lowest BCUT2D eigenvalue weighted by Gasteiger charge is -2.13. The Morgan fingerprint density at radius 2 is 2.26 bits per heavy atom. The highest BCUT2D eigenvalue weighted by Gasteiger charge is 2.16. The lowest BCUT2D eigenvalue weighted by molar-refractivity contribution is 0.187. The Kier molecular flexibility index (Phi) is 4.86. The van der Waals surface area contributed by atoms with Crippen molar-refractivity contribution in [3.63, 3.8) is 0 Å². The molecule has 1 aliphatic rings. The zero-order valence-corrected chi connectivity index (χ0v) is 13.3. The lowest BCUT2D eigenvalue weighted by atomic mass is 10.1. The Balaban J connectivity index is 2.06. The van der Waals surface area contributed by atoms with Crippen molar-refractivity contribution in [2.24, 2.45) is 5.92 Å². The van der Waals surface area contributed by atoms with Crippen molar-refractivity contribution in [1.29, 1.82) is 0 Å². The first-order chi connectivity index (χ1) is 9.03. The molecule has 1 aromatic carbocycles. The SMILES string of the molecule is CCS(=O)(=O)c1ccc(NC[C@@H]2CCOC2)c(Br)c1. The first-order valence-electron chi connectivity index (χ1n) is 6.37. The molecule has 2 rings (SSSR count). The summed E-state index contributed by atoms with van der Waals surface area (Å²) in [5, 5.41) is 3.33. The van der Waals surface area contributed by atoms with E-state index in [0.717, 1.165) is 36.3 Å². The zero-order chi connectivity index (χ0) is 13.9. The monoisotopic (exact) mass is 347 g/mol. The second-order valence-corrected chi connectivity index (χ2v) is 7.79. The third kappa shape index (κ3) is 3.70. The van der Waals surface area contributed by atoms with E-state index in [1.807, 2.05) is 6.07 Å². The highest BCUT2D eigenvalue weighted by Crippen LogP contribution is 2.27. The van der Waals surface area contributed by atoms with Crippen molar-refractivity contribution in [3.05, 3.63) is 22.7 Å². The number of sulfone groups is 1. The van der Waals surface area contributed by atoms with Gasteiger partial charge in [-0.2, -0.15) is 0 Å². The summed E-state index contributed by atoms with van der Waals surface area (Å²) in [6.45, 7) is 4.13. The number of anilines is 1. The standard InChI is InChI=1S/C13H18BrNO3S/c1-2-19(16,17)11-3-4-13(12(14)7-11)15-8-10-5-6-18-9-10/h3-4,7,10,15H,2,5-6,8-9H2,1H3/t10-/m0/s1.